The molecule has 31 heavy (non-hydrogen) atoms. The zero-order valence-corrected chi connectivity index (χ0v) is 19.9. The van der Waals surface area contributed by atoms with Crippen molar-refractivity contribution in [3.8, 4) is 5.75 Å². The maximum absolute atomic E-state index is 6.22. The van der Waals surface area contributed by atoms with Crippen LogP contribution >= 0.6 is 11.6 Å². The summed E-state index contributed by atoms with van der Waals surface area (Å²) < 4.78 is 5.31. The summed E-state index contributed by atoms with van der Waals surface area (Å²) in [6, 6.07) is 18.4. The second-order valence-corrected chi connectivity index (χ2v) is 11.4. The van der Waals surface area contributed by atoms with E-state index < -0.39 is 0 Å². The fourth-order valence-electron chi connectivity index (χ4n) is 7.76. The molecule has 2 aromatic rings. The van der Waals surface area contributed by atoms with Gasteiger partial charge in [-0.25, -0.2) is 0 Å². The second-order valence-electron chi connectivity index (χ2n) is 11.0. The van der Waals surface area contributed by atoms with E-state index in [4.69, 9.17) is 16.3 Å². The molecule has 4 aliphatic carbocycles. The number of ether oxygens (including phenoxy) is 1. The van der Waals surface area contributed by atoms with E-state index in [1.807, 2.05) is 0 Å². The highest BCUT2D eigenvalue weighted by Crippen LogP contribution is 2.66. The monoisotopic (exact) mass is 437 g/mol. The minimum absolute atomic E-state index is 0.365. The van der Waals surface area contributed by atoms with Crippen molar-refractivity contribution < 1.29 is 4.74 Å². The Morgan fingerprint density at radius 3 is 2.23 bits per heavy atom. The molecular formula is C28H36ClNO. The van der Waals surface area contributed by atoms with Gasteiger partial charge in [-0.2, -0.15) is 0 Å². The smallest absolute Gasteiger partial charge is 0.118 e. The quantitative estimate of drug-likeness (QED) is 0.514. The minimum atomic E-state index is 0.365. The van der Waals surface area contributed by atoms with E-state index in [1.54, 1.807) is 7.11 Å². The van der Waals surface area contributed by atoms with E-state index in [1.165, 1.54) is 49.7 Å². The molecule has 1 N–H and O–H groups in total. The Morgan fingerprint density at radius 1 is 0.968 bits per heavy atom. The molecule has 0 spiro atoms. The zero-order chi connectivity index (χ0) is 21.6. The van der Waals surface area contributed by atoms with Crippen LogP contribution in [-0.2, 0) is 11.8 Å². The standard InChI is InChI=1S/C28H36ClNO/c1-19(12-21-4-10-26(31-3)11-5-21)30-20(2)27-14-22-13-23(15-27)17-28(16-22,18-27)24-6-8-25(29)9-7-24/h4-11,19-20,22-23,30H,12-18H2,1-3H3. The highest BCUT2D eigenvalue weighted by molar-refractivity contribution is 6.30. The summed E-state index contributed by atoms with van der Waals surface area (Å²) in [6.45, 7) is 4.81. The Bertz CT molecular complexity index is 892. The van der Waals surface area contributed by atoms with E-state index in [0.717, 1.165) is 29.0 Å². The third kappa shape index (κ3) is 4.02. The predicted molar refractivity (Wildman–Crippen MR) is 129 cm³/mol. The average Bonchev–Trinajstić information content (AvgIpc) is 2.73. The number of benzene rings is 2. The number of rotatable bonds is 7. The molecule has 0 heterocycles. The Hall–Kier alpha value is -1.51. The average molecular weight is 438 g/mol. The third-order valence-corrected chi connectivity index (χ3v) is 8.97. The van der Waals surface area contributed by atoms with Gasteiger partial charge < -0.3 is 10.1 Å². The summed E-state index contributed by atoms with van der Waals surface area (Å²) >= 11 is 6.22. The molecule has 0 aromatic heterocycles. The first kappa shape index (κ1) is 21.3. The van der Waals surface area contributed by atoms with Gasteiger partial charge in [-0.1, -0.05) is 35.9 Å². The molecule has 3 heteroatoms. The summed E-state index contributed by atoms with van der Waals surface area (Å²) in [6.07, 6.45) is 9.40. The predicted octanol–water partition coefficient (Wildman–Crippen LogP) is 6.80. The van der Waals surface area contributed by atoms with Crippen molar-refractivity contribution in [2.24, 2.45) is 17.3 Å². The van der Waals surface area contributed by atoms with Crippen molar-refractivity contribution in [2.75, 3.05) is 7.11 Å². The summed E-state index contributed by atoms with van der Waals surface area (Å²) in [5.41, 5.74) is 3.70. The molecule has 4 bridgehead atoms. The third-order valence-electron chi connectivity index (χ3n) is 8.72. The van der Waals surface area contributed by atoms with Gasteiger partial charge in [0.05, 0.1) is 7.11 Å². The van der Waals surface area contributed by atoms with Crippen molar-refractivity contribution in [2.45, 2.75) is 76.3 Å². The van der Waals surface area contributed by atoms with Gasteiger partial charge in [0, 0.05) is 17.1 Å². The lowest BCUT2D eigenvalue weighted by Crippen LogP contribution is -2.60. The van der Waals surface area contributed by atoms with Gasteiger partial charge >= 0.3 is 0 Å². The molecule has 6 rings (SSSR count). The fourth-order valence-corrected chi connectivity index (χ4v) is 7.88. The van der Waals surface area contributed by atoms with Crippen molar-refractivity contribution in [1.82, 2.24) is 5.32 Å². The largest absolute Gasteiger partial charge is 0.497 e. The summed E-state index contributed by atoms with van der Waals surface area (Å²) in [5.74, 6) is 2.70. The maximum atomic E-state index is 6.22. The highest BCUT2D eigenvalue weighted by Gasteiger charge is 2.59. The van der Waals surface area contributed by atoms with Crippen molar-refractivity contribution in [1.29, 1.82) is 0 Å². The second kappa shape index (κ2) is 8.12. The molecule has 0 radical (unpaired) electrons. The lowest BCUT2D eigenvalue weighted by atomic mass is 9.41. The highest BCUT2D eigenvalue weighted by atomic mass is 35.5. The number of hydrogen-bond acceptors (Lipinski definition) is 2. The number of methoxy groups -OCH3 is 1. The summed E-state index contributed by atoms with van der Waals surface area (Å²) in [4.78, 5) is 0. The minimum Gasteiger partial charge on any atom is -0.497 e. The normalized spacial score (nSPS) is 33.3. The molecule has 0 saturated heterocycles. The molecule has 4 saturated carbocycles. The Morgan fingerprint density at radius 2 is 1.61 bits per heavy atom. The Labute approximate surface area is 192 Å². The van der Waals surface area contributed by atoms with Crippen LogP contribution in [0.15, 0.2) is 48.5 Å². The van der Waals surface area contributed by atoms with Gasteiger partial charge in [-0.05, 0) is 117 Å². The van der Waals surface area contributed by atoms with Gasteiger partial charge in [0.2, 0.25) is 0 Å². The summed E-state index contributed by atoms with van der Waals surface area (Å²) in [7, 11) is 1.73. The van der Waals surface area contributed by atoms with Crippen LogP contribution in [0, 0.1) is 17.3 Å². The lowest BCUT2D eigenvalue weighted by molar-refractivity contribution is -0.0893. The van der Waals surface area contributed by atoms with Gasteiger partial charge in [-0.3, -0.25) is 0 Å². The molecule has 166 valence electrons. The molecule has 2 aromatic carbocycles. The van der Waals surface area contributed by atoms with Crippen LogP contribution in [0.4, 0.5) is 0 Å². The fraction of sp³-hybridized carbons (Fsp3) is 0.571. The first-order valence-electron chi connectivity index (χ1n) is 12.0. The van der Waals surface area contributed by atoms with Gasteiger partial charge in [0.1, 0.15) is 5.75 Å². The molecule has 4 fully saturated rings. The van der Waals surface area contributed by atoms with Gasteiger partial charge in [0.15, 0.2) is 0 Å². The van der Waals surface area contributed by atoms with E-state index in [2.05, 4.69) is 67.7 Å². The first-order chi connectivity index (χ1) is 14.9. The van der Waals surface area contributed by atoms with E-state index >= 15 is 0 Å². The molecule has 0 aliphatic heterocycles. The zero-order valence-electron chi connectivity index (χ0n) is 19.2. The maximum Gasteiger partial charge on any atom is 0.118 e. The van der Waals surface area contributed by atoms with Crippen LogP contribution in [0.25, 0.3) is 0 Å². The number of nitrogens with one attached hydrogen (secondary N) is 1. The van der Waals surface area contributed by atoms with Gasteiger partial charge in [-0.15, -0.1) is 0 Å². The van der Waals surface area contributed by atoms with Crippen LogP contribution < -0.4 is 10.1 Å². The van der Waals surface area contributed by atoms with Crippen LogP contribution in [0.3, 0.4) is 0 Å². The topological polar surface area (TPSA) is 21.3 Å². The van der Waals surface area contributed by atoms with Crippen LogP contribution in [0.5, 0.6) is 5.75 Å². The van der Waals surface area contributed by atoms with Crippen molar-refractivity contribution in [3.05, 3.63) is 64.7 Å². The van der Waals surface area contributed by atoms with Crippen molar-refractivity contribution in [3.63, 3.8) is 0 Å². The molecule has 4 atom stereocenters. The van der Waals surface area contributed by atoms with Crippen LogP contribution in [0.1, 0.15) is 63.5 Å². The summed E-state index contributed by atoms with van der Waals surface area (Å²) in [5, 5.41) is 4.89. The van der Waals surface area contributed by atoms with Gasteiger partial charge in [0.25, 0.3) is 0 Å². The molecule has 0 amide bonds. The molecule has 4 aliphatic rings. The van der Waals surface area contributed by atoms with E-state index in [9.17, 15) is 0 Å². The SMILES string of the molecule is COc1ccc(CC(C)NC(C)C23CC4CC(CC(c5ccc(Cl)cc5)(C4)C2)C3)cc1. The first-order valence-corrected chi connectivity index (χ1v) is 12.4. The number of halogens is 1. The number of hydrogen-bond donors (Lipinski definition) is 1. The molecule has 4 unspecified atom stereocenters. The lowest BCUT2D eigenvalue weighted by Gasteiger charge is -2.64. The van der Waals surface area contributed by atoms with E-state index in [0.29, 0.717) is 22.9 Å². The van der Waals surface area contributed by atoms with Crippen LogP contribution in [-0.4, -0.2) is 19.2 Å². The van der Waals surface area contributed by atoms with Crippen LogP contribution in [0.2, 0.25) is 5.02 Å². The Balaban J connectivity index is 1.32. The molecular weight excluding hydrogens is 402 g/mol. The van der Waals surface area contributed by atoms with E-state index in [-0.39, 0.29) is 0 Å². The Kier molecular flexibility index (Phi) is 5.59. The van der Waals surface area contributed by atoms with Crippen molar-refractivity contribution >= 4 is 11.6 Å². The molecule has 2 nitrogen and oxygen atoms in total.